The van der Waals surface area contributed by atoms with E-state index in [1.807, 2.05) is 43.9 Å². The molecule has 2 rings (SSSR count). The standard InChI is InChI=1S/C18H22FNO/c1-4-20(17-7-5-6-16(19)11-17)12-18(21)15-9-13(2)8-14(3)10-15/h5-11,18,21H,4,12H2,1-3H3. The molecule has 0 aliphatic rings. The first-order valence-corrected chi connectivity index (χ1v) is 7.26. The van der Waals surface area contributed by atoms with Crippen LogP contribution >= 0.6 is 0 Å². The maximum Gasteiger partial charge on any atom is 0.125 e. The quantitative estimate of drug-likeness (QED) is 0.898. The molecule has 1 unspecified atom stereocenters. The monoisotopic (exact) mass is 287 g/mol. The Morgan fingerprint density at radius 2 is 1.76 bits per heavy atom. The van der Waals surface area contributed by atoms with E-state index in [2.05, 4.69) is 6.07 Å². The molecule has 2 aromatic carbocycles. The summed E-state index contributed by atoms with van der Waals surface area (Å²) in [5.41, 5.74) is 3.97. The number of aliphatic hydroxyl groups is 1. The molecule has 1 atom stereocenters. The summed E-state index contributed by atoms with van der Waals surface area (Å²) in [7, 11) is 0. The minimum Gasteiger partial charge on any atom is -0.387 e. The van der Waals surface area contributed by atoms with Crippen LogP contribution in [0.5, 0.6) is 0 Å². The van der Waals surface area contributed by atoms with Gasteiger partial charge in [0.1, 0.15) is 5.82 Å². The fourth-order valence-electron chi connectivity index (χ4n) is 2.61. The molecule has 2 nitrogen and oxygen atoms in total. The van der Waals surface area contributed by atoms with E-state index < -0.39 is 6.10 Å². The molecule has 0 heterocycles. The van der Waals surface area contributed by atoms with Gasteiger partial charge in [-0.3, -0.25) is 0 Å². The lowest BCUT2D eigenvalue weighted by molar-refractivity contribution is 0.183. The number of hydrogen-bond acceptors (Lipinski definition) is 2. The predicted octanol–water partition coefficient (Wildman–Crippen LogP) is 4.00. The lowest BCUT2D eigenvalue weighted by atomic mass is 10.0. The summed E-state index contributed by atoms with van der Waals surface area (Å²) < 4.78 is 13.3. The van der Waals surface area contributed by atoms with Gasteiger partial charge in [-0.05, 0) is 44.5 Å². The summed E-state index contributed by atoms with van der Waals surface area (Å²) in [5.74, 6) is -0.258. The molecule has 0 spiro atoms. The van der Waals surface area contributed by atoms with Crippen LogP contribution < -0.4 is 4.90 Å². The molecule has 0 bridgehead atoms. The van der Waals surface area contributed by atoms with E-state index >= 15 is 0 Å². The molecule has 0 saturated carbocycles. The van der Waals surface area contributed by atoms with Crippen molar-refractivity contribution < 1.29 is 9.50 Å². The minimum absolute atomic E-state index is 0.258. The van der Waals surface area contributed by atoms with Crippen molar-refractivity contribution in [2.45, 2.75) is 26.9 Å². The van der Waals surface area contributed by atoms with Crippen LogP contribution in [0, 0.1) is 19.7 Å². The van der Waals surface area contributed by atoms with Crippen molar-refractivity contribution in [3.63, 3.8) is 0 Å². The van der Waals surface area contributed by atoms with Crippen LogP contribution in [0.4, 0.5) is 10.1 Å². The molecular weight excluding hydrogens is 265 g/mol. The molecule has 3 heteroatoms. The van der Waals surface area contributed by atoms with E-state index in [1.54, 1.807) is 6.07 Å². The maximum atomic E-state index is 13.3. The highest BCUT2D eigenvalue weighted by Crippen LogP contribution is 2.22. The Hall–Kier alpha value is -1.87. The Morgan fingerprint density at radius 1 is 1.10 bits per heavy atom. The zero-order valence-electron chi connectivity index (χ0n) is 12.8. The van der Waals surface area contributed by atoms with Crippen LogP contribution in [0.25, 0.3) is 0 Å². The van der Waals surface area contributed by atoms with Crippen LogP contribution in [-0.4, -0.2) is 18.2 Å². The number of aryl methyl sites for hydroxylation is 2. The second kappa shape index (κ2) is 6.72. The highest BCUT2D eigenvalue weighted by Gasteiger charge is 2.14. The van der Waals surface area contributed by atoms with Crippen molar-refractivity contribution in [3.8, 4) is 0 Å². The van der Waals surface area contributed by atoms with E-state index in [4.69, 9.17) is 0 Å². The zero-order valence-corrected chi connectivity index (χ0v) is 12.8. The third-order valence-corrected chi connectivity index (χ3v) is 3.58. The topological polar surface area (TPSA) is 23.5 Å². The Kier molecular flexibility index (Phi) is 4.97. The minimum atomic E-state index is -0.591. The lowest BCUT2D eigenvalue weighted by Gasteiger charge is -2.26. The number of benzene rings is 2. The molecule has 0 aromatic heterocycles. The van der Waals surface area contributed by atoms with E-state index in [-0.39, 0.29) is 5.82 Å². The van der Waals surface area contributed by atoms with Gasteiger partial charge < -0.3 is 10.0 Å². The van der Waals surface area contributed by atoms with Gasteiger partial charge in [0.15, 0.2) is 0 Å². The lowest BCUT2D eigenvalue weighted by Crippen LogP contribution is -2.28. The molecule has 0 amide bonds. The Labute approximate surface area is 125 Å². The summed E-state index contributed by atoms with van der Waals surface area (Å²) in [6.45, 7) is 7.20. The zero-order chi connectivity index (χ0) is 15.4. The average molecular weight is 287 g/mol. The van der Waals surface area contributed by atoms with Gasteiger partial charge in [-0.2, -0.15) is 0 Å². The summed E-state index contributed by atoms with van der Waals surface area (Å²) in [5, 5.41) is 10.5. The molecule has 21 heavy (non-hydrogen) atoms. The molecule has 1 N–H and O–H groups in total. The smallest absolute Gasteiger partial charge is 0.125 e. The third kappa shape index (κ3) is 4.05. The van der Waals surface area contributed by atoms with Crippen molar-refractivity contribution in [1.82, 2.24) is 0 Å². The normalized spacial score (nSPS) is 12.2. The average Bonchev–Trinajstić information content (AvgIpc) is 2.43. The number of hydrogen-bond donors (Lipinski definition) is 1. The van der Waals surface area contributed by atoms with Gasteiger partial charge in [0.2, 0.25) is 0 Å². The number of anilines is 1. The fourth-order valence-corrected chi connectivity index (χ4v) is 2.61. The molecule has 0 radical (unpaired) electrons. The van der Waals surface area contributed by atoms with Gasteiger partial charge in [0.25, 0.3) is 0 Å². The van der Waals surface area contributed by atoms with Gasteiger partial charge in [0.05, 0.1) is 6.10 Å². The van der Waals surface area contributed by atoms with Crippen molar-refractivity contribution in [3.05, 3.63) is 65.0 Å². The number of halogens is 1. The third-order valence-electron chi connectivity index (χ3n) is 3.58. The largest absolute Gasteiger partial charge is 0.387 e. The summed E-state index contributed by atoms with van der Waals surface area (Å²) in [4.78, 5) is 1.98. The highest BCUT2D eigenvalue weighted by molar-refractivity contribution is 5.47. The summed E-state index contributed by atoms with van der Waals surface area (Å²) in [6.07, 6.45) is -0.591. The number of likely N-dealkylation sites (N-methyl/N-ethyl adjacent to an activating group) is 1. The van der Waals surface area contributed by atoms with Crippen LogP contribution in [-0.2, 0) is 0 Å². The van der Waals surface area contributed by atoms with E-state index in [9.17, 15) is 9.50 Å². The number of aliphatic hydroxyl groups excluding tert-OH is 1. The first kappa shape index (κ1) is 15.5. The van der Waals surface area contributed by atoms with Gasteiger partial charge in [-0.1, -0.05) is 35.4 Å². The molecule has 0 fully saturated rings. The Morgan fingerprint density at radius 3 is 2.33 bits per heavy atom. The van der Waals surface area contributed by atoms with E-state index in [0.717, 1.165) is 22.4 Å². The van der Waals surface area contributed by atoms with Crippen molar-refractivity contribution in [1.29, 1.82) is 0 Å². The highest BCUT2D eigenvalue weighted by atomic mass is 19.1. The van der Waals surface area contributed by atoms with Crippen molar-refractivity contribution >= 4 is 5.69 Å². The molecular formula is C18H22FNO. The SMILES string of the molecule is CCN(CC(O)c1cc(C)cc(C)c1)c1cccc(F)c1. The Bertz CT molecular complexity index is 592. The van der Waals surface area contributed by atoms with Crippen LogP contribution in [0.1, 0.15) is 29.7 Å². The van der Waals surface area contributed by atoms with Gasteiger partial charge in [-0.15, -0.1) is 0 Å². The fraction of sp³-hybridized carbons (Fsp3) is 0.333. The van der Waals surface area contributed by atoms with Gasteiger partial charge in [-0.25, -0.2) is 4.39 Å². The van der Waals surface area contributed by atoms with Crippen molar-refractivity contribution in [2.75, 3.05) is 18.0 Å². The number of nitrogens with zero attached hydrogens (tertiary/aromatic N) is 1. The van der Waals surface area contributed by atoms with E-state index in [1.165, 1.54) is 12.1 Å². The summed E-state index contributed by atoms with van der Waals surface area (Å²) >= 11 is 0. The van der Waals surface area contributed by atoms with Crippen LogP contribution in [0.2, 0.25) is 0 Å². The predicted molar refractivity (Wildman–Crippen MR) is 85.2 cm³/mol. The molecule has 0 saturated heterocycles. The number of rotatable bonds is 5. The second-order valence-electron chi connectivity index (χ2n) is 5.46. The molecule has 112 valence electrons. The van der Waals surface area contributed by atoms with Crippen molar-refractivity contribution in [2.24, 2.45) is 0 Å². The Balaban J connectivity index is 2.18. The first-order valence-electron chi connectivity index (χ1n) is 7.26. The van der Waals surface area contributed by atoms with Crippen LogP contribution in [0.15, 0.2) is 42.5 Å². The van der Waals surface area contributed by atoms with Gasteiger partial charge >= 0.3 is 0 Å². The van der Waals surface area contributed by atoms with E-state index in [0.29, 0.717) is 13.1 Å². The van der Waals surface area contributed by atoms with Crippen LogP contribution in [0.3, 0.4) is 0 Å². The molecule has 0 aliphatic heterocycles. The van der Waals surface area contributed by atoms with Gasteiger partial charge in [0, 0.05) is 18.8 Å². The first-order chi connectivity index (χ1) is 9.99. The summed E-state index contributed by atoms with van der Waals surface area (Å²) in [6, 6.07) is 12.6. The molecule has 0 aliphatic carbocycles. The second-order valence-corrected chi connectivity index (χ2v) is 5.46. The molecule has 2 aromatic rings. The maximum absolute atomic E-state index is 13.3.